The lowest BCUT2D eigenvalue weighted by Crippen LogP contribution is -2.25. The van der Waals surface area contributed by atoms with Gasteiger partial charge in [-0.1, -0.05) is 41.5 Å². The Bertz CT molecular complexity index is 1030. The maximum absolute atomic E-state index is 14.8. The standard InChI is InChI=1S/C27H37FN2O4/c1-9-34-22-12-17(18(13-29)23(28)25(22)33-8)14-30-15-21(31)16-10-19(26(2,3)4)24(32)20(11-16)27(5,6)7/h10-13,29-30,32H,9,14-15H2,1-8H3. The van der Waals surface area contributed by atoms with Crippen LogP contribution in [0, 0.1) is 11.2 Å². The summed E-state index contributed by atoms with van der Waals surface area (Å²) in [6.45, 7) is 14.2. The second-order valence-corrected chi connectivity index (χ2v) is 10.3. The molecule has 7 heteroatoms. The Morgan fingerprint density at radius 3 is 2.12 bits per heavy atom. The van der Waals surface area contributed by atoms with Crippen molar-refractivity contribution in [3.05, 3.63) is 51.8 Å². The van der Waals surface area contributed by atoms with E-state index in [1.165, 1.54) is 7.11 Å². The highest BCUT2D eigenvalue weighted by Crippen LogP contribution is 2.40. The van der Waals surface area contributed by atoms with Gasteiger partial charge in [0.05, 0.1) is 20.3 Å². The lowest BCUT2D eigenvalue weighted by Gasteiger charge is -2.28. The molecule has 0 aliphatic carbocycles. The molecule has 0 spiro atoms. The van der Waals surface area contributed by atoms with Crippen LogP contribution in [0.3, 0.4) is 0 Å². The van der Waals surface area contributed by atoms with Crippen molar-refractivity contribution in [2.24, 2.45) is 0 Å². The molecule has 2 rings (SSSR count). The lowest BCUT2D eigenvalue weighted by molar-refractivity contribution is 0.0990. The van der Waals surface area contributed by atoms with Gasteiger partial charge in [0.1, 0.15) is 5.75 Å². The van der Waals surface area contributed by atoms with Gasteiger partial charge in [0.2, 0.25) is 0 Å². The normalized spacial score (nSPS) is 11.9. The summed E-state index contributed by atoms with van der Waals surface area (Å²) >= 11 is 0. The minimum Gasteiger partial charge on any atom is -0.507 e. The summed E-state index contributed by atoms with van der Waals surface area (Å²) in [4.78, 5) is 13.1. The number of aromatic hydroxyl groups is 1. The number of phenolic OH excluding ortho intramolecular Hbond substituents is 1. The van der Waals surface area contributed by atoms with Crippen molar-refractivity contribution in [2.75, 3.05) is 20.3 Å². The molecule has 0 atom stereocenters. The largest absolute Gasteiger partial charge is 0.507 e. The molecular formula is C27H37FN2O4. The van der Waals surface area contributed by atoms with Crippen LogP contribution in [0.15, 0.2) is 18.2 Å². The first kappa shape index (κ1) is 27.3. The number of benzene rings is 2. The molecule has 0 saturated carbocycles. The van der Waals surface area contributed by atoms with E-state index in [0.717, 1.165) is 6.21 Å². The van der Waals surface area contributed by atoms with E-state index in [0.29, 0.717) is 28.9 Å². The van der Waals surface area contributed by atoms with E-state index >= 15 is 0 Å². The molecule has 0 fully saturated rings. The van der Waals surface area contributed by atoms with E-state index in [9.17, 15) is 14.3 Å². The predicted molar refractivity (Wildman–Crippen MR) is 134 cm³/mol. The van der Waals surface area contributed by atoms with Crippen LogP contribution < -0.4 is 14.8 Å². The van der Waals surface area contributed by atoms with Gasteiger partial charge in [-0.2, -0.15) is 0 Å². The summed E-state index contributed by atoms with van der Waals surface area (Å²) in [5.41, 5.74) is 1.81. The fraction of sp³-hybridized carbons (Fsp3) is 0.481. The van der Waals surface area contributed by atoms with Gasteiger partial charge in [0.25, 0.3) is 0 Å². The third-order valence-electron chi connectivity index (χ3n) is 5.61. The summed E-state index contributed by atoms with van der Waals surface area (Å²) in [6, 6.07) is 5.12. The third-order valence-corrected chi connectivity index (χ3v) is 5.61. The Hall–Kier alpha value is -2.93. The fourth-order valence-electron chi connectivity index (χ4n) is 3.78. The number of nitrogens with one attached hydrogen (secondary N) is 2. The van der Waals surface area contributed by atoms with E-state index in [-0.39, 0.29) is 52.5 Å². The van der Waals surface area contributed by atoms with Crippen molar-refractivity contribution in [1.29, 1.82) is 5.41 Å². The highest BCUT2D eigenvalue weighted by Gasteiger charge is 2.28. The van der Waals surface area contributed by atoms with Crippen molar-refractivity contribution in [3.63, 3.8) is 0 Å². The van der Waals surface area contributed by atoms with Crippen LogP contribution in [-0.4, -0.2) is 37.4 Å². The van der Waals surface area contributed by atoms with E-state index in [4.69, 9.17) is 14.9 Å². The minimum atomic E-state index is -0.672. The van der Waals surface area contributed by atoms with Gasteiger partial charge >= 0.3 is 0 Å². The van der Waals surface area contributed by atoms with Crippen LogP contribution in [0.1, 0.15) is 81.1 Å². The molecule has 2 aromatic carbocycles. The van der Waals surface area contributed by atoms with Crippen molar-refractivity contribution >= 4 is 12.0 Å². The fourth-order valence-corrected chi connectivity index (χ4v) is 3.78. The van der Waals surface area contributed by atoms with Gasteiger partial charge < -0.3 is 25.3 Å². The van der Waals surface area contributed by atoms with Crippen LogP contribution in [0.2, 0.25) is 0 Å². The highest BCUT2D eigenvalue weighted by molar-refractivity contribution is 5.98. The van der Waals surface area contributed by atoms with Gasteiger partial charge in [-0.3, -0.25) is 4.79 Å². The second kappa shape index (κ2) is 10.6. The maximum Gasteiger partial charge on any atom is 0.197 e. The summed E-state index contributed by atoms with van der Waals surface area (Å²) < 4.78 is 25.4. The number of carbonyl (C=O) groups is 1. The van der Waals surface area contributed by atoms with Crippen molar-refractivity contribution in [2.45, 2.75) is 65.8 Å². The van der Waals surface area contributed by atoms with E-state index in [1.807, 2.05) is 41.5 Å². The molecule has 0 radical (unpaired) electrons. The molecule has 0 aliphatic rings. The summed E-state index contributed by atoms with van der Waals surface area (Å²) in [7, 11) is 1.35. The number of rotatable bonds is 9. The topological polar surface area (TPSA) is 91.6 Å². The zero-order chi connectivity index (χ0) is 25.8. The Balaban J connectivity index is 2.33. The molecule has 0 amide bonds. The summed E-state index contributed by atoms with van der Waals surface area (Å²) in [5.74, 6) is -0.397. The zero-order valence-corrected chi connectivity index (χ0v) is 21.5. The van der Waals surface area contributed by atoms with Crippen LogP contribution >= 0.6 is 0 Å². The minimum absolute atomic E-state index is 0.00694. The Kier molecular flexibility index (Phi) is 8.48. The molecule has 2 aromatic rings. The van der Waals surface area contributed by atoms with Gasteiger partial charge in [0, 0.05) is 35.0 Å². The third kappa shape index (κ3) is 5.95. The van der Waals surface area contributed by atoms with Gasteiger partial charge in [-0.25, -0.2) is 4.39 Å². The molecule has 6 nitrogen and oxygen atoms in total. The molecule has 0 bridgehead atoms. The first-order chi connectivity index (χ1) is 15.8. The SMILES string of the molecule is CCOc1cc(CNCC(=O)c2cc(C(C)(C)C)c(O)c(C(C)(C)C)c2)c(C=N)c(F)c1OC. The molecule has 0 aliphatic heterocycles. The molecule has 0 saturated heterocycles. The Morgan fingerprint density at radius 2 is 1.68 bits per heavy atom. The maximum atomic E-state index is 14.8. The smallest absolute Gasteiger partial charge is 0.197 e. The zero-order valence-electron chi connectivity index (χ0n) is 21.5. The molecule has 34 heavy (non-hydrogen) atoms. The molecule has 186 valence electrons. The Morgan fingerprint density at radius 1 is 1.12 bits per heavy atom. The molecule has 0 unspecified atom stereocenters. The number of methoxy groups -OCH3 is 1. The lowest BCUT2D eigenvalue weighted by atomic mass is 9.78. The predicted octanol–water partition coefficient (Wildman–Crippen LogP) is 5.50. The number of ketones is 1. The van der Waals surface area contributed by atoms with Crippen molar-refractivity contribution < 1.29 is 23.8 Å². The number of hydrogen-bond donors (Lipinski definition) is 3. The number of halogens is 1. The average molecular weight is 473 g/mol. The van der Waals surface area contributed by atoms with E-state index in [2.05, 4.69) is 5.32 Å². The summed E-state index contributed by atoms with van der Waals surface area (Å²) in [5, 5.41) is 21.6. The average Bonchev–Trinajstić information content (AvgIpc) is 2.72. The van der Waals surface area contributed by atoms with Crippen LogP contribution in [0.4, 0.5) is 4.39 Å². The number of phenols is 1. The second-order valence-electron chi connectivity index (χ2n) is 10.3. The molecule has 3 N–H and O–H groups in total. The van der Waals surface area contributed by atoms with Gasteiger partial charge in [0.15, 0.2) is 23.1 Å². The van der Waals surface area contributed by atoms with Crippen molar-refractivity contribution in [1.82, 2.24) is 5.32 Å². The Labute approximate surface area is 202 Å². The van der Waals surface area contributed by atoms with Crippen molar-refractivity contribution in [3.8, 4) is 17.2 Å². The number of Topliss-reactive ketones (excluding diaryl/α,β-unsaturated/α-hetero) is 1. The first-order valence-corrected chi connectivity index (χ1v) is 11.4. The van der Waals surface area contributed by atoms with Crippen LogP contribution in [-0.2, 0) is 17.4 Å². The molecule has 0 heterocycles. The first-order valence-electron chi connectivity index (χ1n) is 11.4. The van der Waals surface area contributed by atoms with Crippen LogP contribution in [0.25, 0.3) is 0 Å². The monoisotopic (exact) mass is 472 g/mol. The van der Waals surface area contributed by atoms with Gasteiger partial charge in [-0.05, 0) is 41.5 Å². The van der Waals surface area contributed by atoms with Gasteiger partial charge in [-0.15, -0.1) is 0 Å². The summed E-state index contributed by atoms with van der Waals surface area (Å²) in [6.07, 6.45) is 0.928. The quantitative estimate of drug-likeness (QED) is 0.331. The highest BCUT2D eigenvalue weighted by atomic mass is 19.1. The molecular weight excluding hydrogens is 435 g/mol. The van der Waals surface area contributed by atoms with Crippen LogP contribution in [0.5, 0.6) is 17.2 Å². The molecule has 0 aromatic heterocycles. The number of carbonyl (C=O) groups excluding carboxylic acids is 1. The van der Waals surface area contributed by atoms with E-state index in [1.54, 1.807) is 25.1 Å². The van der Waals surface area contributed by atoms with E-state index < -0.39 is 5.82 Å². The number of ether oxygens (including phenoxy) is 2. The number of hydrogen-bond acceptors (Lipinski definition) is 6.